The van der Waals surface area contributed by atoms with Gasteiger partial charge in [-0.25, -0.2) is 9.97 Å². The maximum absolute atomic E-state index is 10.7. The molecule has 0 amide bonds. The molecule has 1 aromatic carbocycles. The Morgan fingerprint density at radius 2 is 1.91 bits per heavy atom. The number of thiazole rings is 1. The van der Waals surface area contributed by atoms with Crippen LogP contribution in [0.1, 0.15) is 58.1 Å². The average Bonchev–Trinajstić information content (AvgIpc) is 3.46. The van der Waals surface area contributed by atoms with E-state index in [1.165, 1.54) is 37.0 Å². The van der Waals surface area contributed by atoms with Crippen molar-refractivity contribution >= 4 is 17.3 Å². The summed E-state index contributed by atoms with van der Waals surface area (Å²) in [6, 6.07) is 8.25. The smallest absolute Gasteiger partial charge is 0.245 e. The summed E-state index contributed by atoms with van der Waals surface area (Å²) >= 11 is 1.37. The molecule has 4 heterocycles. The molecule has 0 unspecified atom stereocenters. The lowest BCUT2D eigenvalue weighted by Gasteiger charge is -2.46. The van der Waals surface area contributed by atoms with E-state index in [4.69, 9.17) is 10.2 Å². The number of nitrogens with one attached hydrogen (secondary N) is 1. The number of piperidine rings is 1. The first-order valence-corrected chi connectivity index (χ1v) is 12.7. The van der Waals surface area contributed by atoms with Gasteiger partial charge in [-0.2, -0.15) is 5.26 Å². The Balaban J connectivity index is 1.26. The zero-order valence-electron chi connectivity index (χ0n) is 19.3. The van der Waals surface area contributed by atoms with Gasteiger partial charge in [0, 0.05) is 39.7 Å². The van der Waals surface area contributed by atoms with Gasteiger partial charge in [-0.3, -0.25) is 0 Å². The Morgan fingerprint density at radius 1 is 1.15 bits per heavy atom. The molecule has 174 valence electrons. The molecule has 2 bridgehead atoms. The molecule has 3 atom stereocenters. The maximum atomic E-state index is 10.7. The van der Waals surface area contributed by atoms with Crippen molar-refractivity contribution in [2.75, 3.05) is 4.90 Å². The molecule has 2 N–H and O–H groups in total. The van der Waals surface area contributed by atoms with Gasteiger partial charge in [-0.05, 0) is 64.5 Å². The number of rotatable bonds is 5. The predicted molar refractivity (Wildman–Crippen MR) is 130 cm³/mol. The van der Waals surface area contributed by atoms with Crippen molar-refractivity contribution in [2.45, 2.75) is 75.5 Å². The molecule has 9 heteroatoms. The zero-order chi connectivity index (χ0) is 23.5. The summed E-state index contributed by atoms with van der Waals surface area (Å²) in [7, 11) is 0. The molecule has 8 nitrogen and oxygen atoms in total. The van der Waals surface area contributed by atoms with Crippen LogP contribution in [-0.4, -0.2) is 48.4 Å². The van der Waals surface area contributed by atoms with Crippen molar-refractivity contribution in [3.05, 3.63) is 35.5 Å². The minimum atomic E-state index is 0.0879. The van der Waals surface area contributed by atoms with Crippen LogP contribution in [0.15, 0.2) is 29.8 Å². The van der Waals surface area contributed by atoms with Crippen molar-refractivity contribution in [3.8, 4) is 33.6 Å². The first-order chi connectivity index (χ1) is 16.3. The minimum Gasteiger partial charge on any atom is -0.507 e. The summed E-state index contributed by atoms with van der Waals surface area (Å²) in [4.78, 5) is 11.4. The van der Waals surface area contributed by atoms with Gasteiger partial charge in [0.2, 0.25) is 5.95 Å². The van der Waals surface area contributed by atoms with E-state index in [1.807, 2.05) is 12.1 Å². The third kappa shape index (κ3) is 3.81. The number of fused-ring (bicyclic) bond motifs is 2. The first kappa shape index (κ1) is 21.4. The van der Waals surface area contributed by atoms with Crippen LogP contribution in [0.3, 0.4) is 0 Å². The Morgan fingerprint density at radius 3 is 2.50 bits per heavy atom. The summed E-state index contributed by atoms with van der Waals surface area (Å²) in [6.45, 7) is 4.69. The first-order valence-electron chi connectivity index (χ1n) is 11.8. The summed E-state index contributed by atoms with van der Waals surface area (Å²) in [5, 5.41) is 34.9. The Hall–Kier alpha value is -3.09. The van der Waals surface area contributed by atoms with Crippen LogP contribution >= 0.6 is 11.3 Å². The second-order valence-electron chi connectivity index (χ2n) is 10.5. The van der Waals surface area contributed by atoms with Crippen LogP contribution < -0.4 is 10.2 Å². The summed E-state index contributed by atoms with van der Waals surface area (Å²) in [6.07, 6.45) is 8.68. The van der Waals surface area contributed by atoms with Crippen molar-refractivity contribution < 1.29 is 5.11 Å². The van der Waals surface area contributed by atoms with Crippen LogP contribution in [0.5, 0.6) is 5.75 Å². The molecule has 2 aromatic heterocycles. The number of nitriles is 1. The highest BCUT2D eigenvalue weighted by Crippen LogP contribution is 2.46. The lowest BCUT2D eigenvalue weighted by atomic mass is 9.84. The molecule has 3 aliphatic rings. The van der Waals surface area contributed by atoms with Gasteiger partial charge in [0.15, 0.2) is 5.69 Å². The molecule has 2 saturated heterocycles. The summed E-state index contributed by atoms with van der Waals surface area (Å²) in [5.41, 5.74) is 2.59. The van der Waals surface area contributed by atoms with Crippen molar-refractivity contribution in [1.82, 2.24) is 25.5 Å². The second-order valence-corrected chi connectivity index (χ2v) is 11.3. The number of benzene rings is 1. The molecular weight excluding hydrogens is 446 g/mol. The molecule has 0 radical (unpaired) electrons. The topological polar surface area (TPSA) is 111 Å². The molecular formula is C25H27N7OS. The average molecular weight is 474 g/mol. The van der Waals surface area contributed by atoms with Gasteiger partial charge >= 0.3 is 0 Å². The number of hydrogen-bond acceptors (Lipinski definition) is 9. The van der Waals surface area contributed by atoms with E-state index in [9.17, 15) is 5.11 Å². The van der Waals surface area contributed by atoms with Gasteiger partial charge in [0.1, 0.15) is 22.5 Å². The molecule has 6 rings (SSSR count). The fraction of sp³-hybridized carbons (Fsp3) is 0.480. The Kier molecular flexibility index (Phi) is 4.87. The fourth-order valence-corrected chi connectivity index (χ4v) is 6.59. The van der Waals surface area contributed by atoms with Crippen LogP contribution in [-0.2, 0) is 0 Å². The Labute approximate surface area is 202 Å². The van der Waals surface area contributed by atoms with Gasteiger partial charge in [-0.15, -0.1) is 21.5 Å². The number of hydrogen-bond donors (Lipinski definition) is 2. The quantitative estimate of drug-likeness (QED) is 0.565. The number of anilines is 1. The third-order valence-corrected chi connectivity index (χ3v) is 8.35. The van der Waals surface area contributed by atoms with Crippen LogP contribution in [0.2, 0.25) is 0 Å². The van der Waals surface area contributed by atoms with Crippen LogP contribution in [0.25, 0.3) is 21.8 Å². The largest absolute Gasteiger partial charge is 0.507 e. The second kappa shape index (κ2) is 7.72. The molecule has 2 aliphatic heterocycles. The van der Waals surface area contributed by atoms with E-state index >= 15 is 0 Å². The van der Waals surface area contributed by atoms with E-state index in [1.54, 1.807) is 23.7 Å². The minimum absolute atomic E-state index is 0.0879. The zero-order valence-corrected chi connectivity index (χ0v) is 20.1. The summed E-state index contributed by atoms with van der Waals surface area (Å²) < 4.78 is 0. The van der Waals surface area contributed by atoms with Gasteiger partial charge in [0.05, 0.1) is 6.20 Å². The molecule has 1 aliphatic carbocycles. The highest BCUT2D eigenvalue weighted by molar-refractivity contribution is 7.13. The lowest BCUT2D eigenvalue weighted by Crippen LogP contribution is -2.59. The van der Waals surface area contributed by atoms with E-state index < -0.39 is 0 Å². The van der Waals surface area contributed by atoms with E-state index in [0.29, 0.717) is 40.0 Å². The normalized spacial score (nSPS) is 28.0. The third-order valence-electron chi connectivity index (χ3n) is 7.46. The highest BCUT2D eigenvalue weighted by atomic mass is 32.1. The molecule has 0 spiro atoms. The van der Waals surface area contributed by atoms with Gasteiger partial charge < -0.3 is 15.3 Å². The van der Waals surface area contributed by atoms with E-state index in [-0.39, 0.29) is 16.8 Å². The SMILES string of the molecule is C[C@]12CC[C@](C)(C[C@@H](N(c3ncc(-c4ccc(-c5nc(C#N)cs5)cc4O)nn3)C3CC3)C1)N2. The molecule has 1 saturated carbocycles. The van der Waals surface area contributed by atoms with E-state index in [0.717, 1.165) is 18.4 Å². The van der Waals surface area contributed by atoms with Gasteiger partial charge in [0.25, 0.3) is 0 Å². The van der Waals surface area contributed by atoms with Crippen molar-refractivity contribution in [2.24, 2.45) is 0 Å². The fourth-order valence-electron chi connectivity index (χ4n) is 5.85. The van der Waals surface area contributed by atoms with E-state index in [2.05, 4.69) is 39.2 Å². The van der Waals surface area contributed by atoms with Crippen molar-refractivity contribution in [3.63, 3.8) is 0 Å². The standard InChI is InChI=1S/C25H27N7OS/c1-24-7-8-25(2,31-24)11-18(10-24)32(17-4-5-17)23-27-13-20(29-30-23)19-6-3-15(9-21(19)33)22-28-16(12-26)14-34-22/h3,6,9,13-14,17-18,31,33H,4-5,7-8,10-11H2,1-2H3/t18-,24-,25+. The van der Waals surface area contributed by atoms with Crippen molar-refractivity contribution in [1.29, 1.82) is 5.26 Å². The Bertz CT molecular complexity index is 1260. The monoisotopic (exact) mass is 473 g/mol. The highest BCUT2D eigenvalue weighted by Gasteiger charge is 2.51. The number of aromatic nitrogens is 4. The molecule has 3 aromatic rings. The van der Waals surface area contributed by atoms with Crippen LogP contribution in [0, 0.1) is 11.3 Å². The lowest BCUT2D eigenvalue weighted by molar-refractivity contribution is 0.203. The predicted octanol–water partition coefficient (Wildman–Crippen LogP) is 4.27. The number of nitrogens with zero attached hydrogens (tertiary/aromatic N) is 6. The maximum Gasteiger partial charge on any atom is 0.245 e. The number of phenols is 1. The number of phenolic OH excluding ortho intramolecular Hbond substituents is 1. The van der Waals surface area contributed by atoms with Gasteiger partial charge in [-0.1, -0.05) is 6.07 Å². The number of aromatic hydroxyl groups is 1. The summed E-state index contributed by atoms with van der Waals surface area (Å²) in [5.74, 6) is 0.776. The molecule has 34 heavy (non-hydrogen) atoms. The molecule has 3 fully saturated rings. The van der Waals surface area contributed by atoms with Crippen LogP contribution in [0.4, 0.5) is 5.95 Å².